The number of para-hydroxylation sites is 4. The summed E-state index contributed by atoms with van der Waals surface area (Å²) in [4.78, 5) is 4.70. The first-order valence-corrected chi connectivity index (χ1v) is 26.5. The Hall–Kier alpha value is -9.90. The number of furan rings is 2. The minimum Gasteiger partial charge on any atom is -0.454 e. The SMILES string of the molecule is CC1(C)c2cc(N(c3ccc(-c4ccccc4)cc3)c3cccc4c3oc3ccccc34)ccc2-c2c1cc(-c1ccc(N(c3ccc(-c4ccccc4)cc3)c3cccc4c3oc3ccccc34)cc1)c1ccccc21. The lowest BCUT2D eigenvalue weighted by atomic mass is 9.80. The number of hydrogen-bond donors (Lipinski definition) is 0. The molecule has 0 unspecified atom stereocenters. The predicted octanol–water partition coefficient (Wildman–Crippen LogP) is 20.9. The largest absolute Gasteiger partial charge is 0.454 e. The normalized spacial score (nSPS) is 12.6. The second-order valence-electron chi connectivity index (χ2n) is 20.8. The Morgan fingerprint density at radius 1 is 0.286 bits per heavy atom. The van der Waals surface area contributed by atoms with E-state index in [1.807, 2.05) is 12.1 Å². The van der Waals surface area contributed by atoms with Crippen LogP contribution in [0.5, 0.6) is 0 Å². The standard InChI is InChI=1S/C73H50N2O2/c1-73(2)64-45-55(75(54-39-33-50(34-40-54)48-19-7-4-8-20-48)67-28-16-26-61-58-23-12-14-30-69(58)77-72(61)67)43-44-62(64)70-59-24-10-9-21-56(59)63(46-65(70)73)51-35-41-53(42-36-51)74(52-37-31-49(32-38-52)47-17-5-3-6-18-47)66-27-15-25-60-57-22-11-13-29-68(57)76-71(60)66/h3-46H,1-2H3. The molecule has 0 spiro atoms. The molecule has 1 aliphatic rings. The Balaban J connectivity index is 0.845. The van der Waals surface area contributed by atoms with Crippen molar-refractivity contribution in [3.63, 3.8) is 0 Å². The molecule has 12 aromatic carbocycles. The fraction of sp³-hybridized carbons (Fsp3) is 0.0411. The van der Waals surface area contributed by atoms with Crippen LogP contribution in [0, 0.1) is 0 Å². The van der Waals surface area contributed by atoms with Crippen molar-refractivity contribution >= 4 is 88.8 Å². The van der Waals surface area contributed by atoms with Gasteiger partial charge in [0.1, 0.15) is 11.2 Å². The summed E-state index contributed by atoms with van der Waals surface area (Å²) >= 11 is 0. The Labute approximate surface area is 446 Å². The maximum Gasteiger partial charge on any atom is 0.159 e. The molecule has 0 N–H and O–H groups in total. The minimum absolute atomic E-state index is 0.332. The van der Waals surface area contributed by atoms with Gasteiger partial charge in [-0.05, 0) is 145 Å². The number of hydrogen-bond acceptors (Lipinski definition) is 4. The lowest BCUT2D eigenvalue weighted by Crippen LogP contribution is -2.17. The summed E-state index contributed by atoms with van der Waals surface area (Å²) in [5.41, 5.74) is 21.6. The van der Waals surface area contributed by atoms with Crippen LogP contribution in [0.3, 0.4) is 0 Å². The zero-order chi connectivity index (χ0) is 51.2. The number of rotatable bonds is 9. The number of anilines is 6. The van der Waals surface area contributed by atoms with Crippen molar-refractivity contribution in [1.82, 2.24) is 0 Å². The summed E-state index contributed by atoms with van der Waals surface area (Å²) in [7, 11) is 0. The quantitative estimate of drug-likeness (QED) is 0.144. The van der Waals surface area contributed by atoms with E-state index < -0.39 is 0 Å². The van der Waals surface area contributed by atoms with Crippen molar-refractivity contribution in [2.45, 2.75) is 19.3 Å². The van der Waals surface area contributed by atoms with E-state index in [4.69, 9.17) is 8.83 Å². The van der Waals surface area contributed by atoms with Crippen LogP contribution in [0.1, 0.15) is 25.0 Å². The third-order valence-electron chi connectivity index (χ3n) is 16.1. The highest BCUT2D eigenvalue weighted by molar-refractivity contribution is 6.13. The van der Waals surface area contributed by atoms with Crippen molar-refractivity contribution in [1.29, 1.82) is 0 Å². The zero-order valence-corrected chi connectivity index (χ0v) is 42.6. The molecular formula is C73H50N2O2. The van der Waals surface area contributed by atoms with Gasteiger partial charge in [0, 0.05) is 49.7 Å². The summed E-state index contributed by atoms with van der Waals surface area (Å²) in [6.07, 6.45) is 0. The first-order valence-electron chi connectivity index (χ1n) is 26.5. The van der Waals surface area contributed by atoms with Gasteiger partial charge in [-0.15, -0.1) is 0 Å². The molecule has 0 fully saturated rings. The molecule has 0 saturated carbocycles. The van der Waals surface area contributed by atoms with E-state index >= 15 is 0 Å². The van der Waals surface area contributed by atoms with Crippen LogP contribution in [0.25, 0.3) is 99.2 Å². The molecule has 15 rings (SSSR count). The summed E-state index contributed by atoms with van der Waals surface area (Å²) in [5, 5.41) is 6.88. The van der Waals surface area contributed by atoms with Gasteiger partial charge in [-0.1, -0.05) is 202 Å². The number of benzene rings is 12. The molecule has 4 nitrogen and oxygen atoms in total. The molecule has 14 aromatic rings. The van der Waals surface area contributed by atoms with Crippen molar-refractivity contribution < 1.29 is 8.83 Å². The number of nitrogens with zero attached hydrogens (tertiary/aromatic N) is 2. The molecule has 0 aliphatic heterocycles. The third-order valence-corrected chi connectivity index (χ3v) is 16.1. The molecule has 4 heteroatoms. The van der Waals surface area contributed by atoms with Gasteiger partial charge in [-0.25, -0.2) is 0 Å². The van der Waals surface area contributed by atoms with Crippen LogP contribution in [0.4, 0.5) is 34.1 Å². The van der Waals surface area contributed by atoms with E-state index in [1.165, 1.54) is 60.8 Å². The Bertz CT molecular complexity index is 4570. The van der Waals surface area contributed by atoms with Gasteiger partial charge in [0.15, 0.2) is 11.2 Å². The van der Waals surface area contributed by atoms with Gasteiger partial charge >= 0.3 is 0 Å². The van der Waals surface area contributed by atoms with E-state index in [1.54, 1.807) is 0 Å². The van der Waals surface area contributed by atoms with Gasteiger partial charge in [-0.3, -0.25) is 0 Å². The Morgan fingerprint density at radius 3 is 1.21 bits per heavy atom. The highest BCUT2D eigenvalue weighted by Crippen LogP contribution is 2.55. The van der Waals surface area contributed by atoms with E-state index in [-0.39, 0.29) is 5.41 Å². The van der Waals surface area contributed by atoms with Crippen LogP contribution >= 0.6 is 0 Å². The highest BCUT2D eigenvalue weighted by atomic mass is 16.3. The lowest BCUT2D eigenvalue weighted by molar-refractivity contribution is 0.661. The van der Waals surface area contributed by atoms with Crippen LogP contribution in [-0.2, 0) is 5.41 Å². The van der Waals surface area contributed by atoms with E-state index in [0.29, 0.717) is 0 Å². The smallest absolute Gasteiger partial charge is 0.159 e. The van der Waals surface area contributed by atoms with Gasteiger partial charge < -0.3 is 18.6 Å². The molecular weight excluding hydrogens is 937 g/mol. The second kappa shape index (κ2) is 17.6. The molecule has 0 saturated heterocycles. The summed E-state index contributed by atoms with van der Waals surface area (Å²) in [6, 6.07) is 96.2. The van der Waals surface area contributed by atoms with Gasteiger partial charge in [-0.2, -0.15) is 0 Å². The molecule has 0 radical (unpaired) electrons. The molecule has 0 atom stereocenters. The van der Waals surface area contributed by atoms with E-state index in [9.17, 15) is 0 Å². The van der Waals surface area contributed by atoms with Crippen molar-refractivity contribution in [2.75, 3.05) is 9.80 Å². The maximum atomic E-state index is 6.75. The second-order valence-corrected chi connectivity index (χ2v) is 20.8. The van der Waals surface area contributed by atoms with E-state index in [0.717, 1.165) is 83.6 Å². The van der Waals surface area contributed by atoms with Crippen LogP contribution in [0.15, 0.2) is 276 Å². The minimum atomic E-state index is -0.332. The fourth-order valence-corrected chi connectivity index (χ4v) is 12.3. The molecule has 364 valence electrons. The summed E-state index contributed by atoms with van der Waals surface area (Å²) in [6.45, 7) is 4.78. The van der Waals surface area contributed by atoms with Gasteiger partial charge in [0.25, 0.3) is 0 Å². The summed E-state index contributed by atoms with van der Waals surface area (Å²) in [5.74, 6) is 0. The van der Waals surface area contributed by atoms with Crippen molar-refractivity contribution in [3.8, 4) is 44.5 Å². The van der Waals surface area contributed by atoms with Crippen molar-refractivity contribution in [3.05, 3.63) is 278 Å². The van der Waals surface area contributed by atoms with Crippen LogP contribution in [0.2, 0.25) is 0 Å². The number of fused-ring (bicyclic) bond motifs is 11. The Kier molecular flexibility index (Phi) is 10.2. The topological polar surface area (TPSA) is 32.8 Å². The highest BCUT2D eigenvalue weighted by Gasteiger charge is 2.38. The average Bonchev–Trinajstić information content (AvgIpc) is 4.33. The van der Waals surface area contributed by atoms with Crippen LogP contribution < -0.4 is 9.80 Å². The summed E-state index contributed by atoms with van der Waals surface area (Å²) < 4.78 is 13.4. The zero-order valence-electron chi connectivity index (χ0n) is 42.6. The first-order chi connectivity index (χ1) is 37.9. The average molecular weight is 987 g/mol. The lowest BCUT2D eigenvalue weighted by Gasteiger charge is -2.28. The molecule has 2 aromatic heterocycles. The maximum absolute atomic E-state index is 6.75. The molecule has 0 bridgehead atoms. The van der Waals surface area contributed by atoms with Crippen LogP contribution in [-0.4, -0.2) is 0 Å². The monoisotopic (exact) mass is 986 g/mol. The Morgan fingerprint density at radius 2 is 0.688 bits per heavy atom. The molecule has 1 aliphatic carbocycles. The molecule has 2 heterocycles. The van der Waals surface area contributed by atoms with E-state index in [2.05, 4.69) is 278 Å². The van der Waals surface area contributed by atoms with Gasteiger partial charge in [0.2, 0.25) is 0 Å². The first kappa shape index (κ1) is 44.6. The fourth-order valence-electron chi connectivity index (χ4n) is 12.3. The third kappa shape index (κ3) is 7.21. The molecule has 77 heavy (non-hydrogen) atoms. The molecule has 0 amide bonds. The van der Waals surface area contributed by atoms with Crippen molar-refractivity contribution in [2.24, 2.45) is 0 Å². The van der Waals surface area contributed by atoms with Gasteiger partial charge in [0.05, 0.1) is 11.4 Å². The predicted molar refractivity (Wildman–Crippen MR) is 322 cm³/mol.